The molecule has 0 heterocycles. The van der Waals surface area contributed by atoms with Gasteiger partial charge in [0.25, 0.3) is 0 Å². The van der Waals surface area contributed by atoms with E-state index in [-0.39, 0.29) is 6.10 Å². The van der Waals surface area contributed by atoms with Gasteiger partial charge in [-0.15, -0.1) is 0 Å². The lowest BCUT2D eigenvalue weighted by Gasteiger charge is -2.21. The van der Waals surface area contributed by atoms with Crippen LogP contribution in [-0.2, 0) is 6.54 Å². The Bertz CT molecular complexity index is 364. The first-order valence-electron chi connectivity index (χ1n) is 6.74. The largest absolute Gasteiger partial charge is 0.393 e. The Hall–Kier alpha value is -1.06. The van der Waals surface area contributed by atoms with Crippen LogP contribution in [0.4, 0.5) is 5.69 Å². The second-order valence-corrected chi connectivity index (χ2v) is 4.95. The van der Waals surface area contributed by atoms with Gasteiger partial charge >= 0.3 is 0 Å². The zero-order valence-electron chi connectivity index (χ0n) is 12.0. The molecule has 3 heteroatoms. The fourth-order valence-corrected chi connectivity index (χ4v) is 1.89. The van der Waals surface area contributed by atoms with Crippen molar-refractivity contribution in [3.05, 3.63) is 29.3 Å². The molecule has 0 amide bonds. The van der Waals surface area contributed by atoms with Gasteiger partial charge in [-0.1, -0.05) is 13.0 Å². The lowest BCUT2D eigenvalue weighted by molar-refractivity contribution is 0.187. The number of rotatable bonds is 7. The van der Waals surface area contributed by atoms with E-state index in [2.05, 4.69) is 49.3 Å². The molecule has 0 aliphatic carbocycles. The monoisotopic (exact) mass is 250 g/mol. The summed E-state index contributed by atoms with van der Waals surface area (Å²) in [5, 5.41) is 12.7. The van der Waals surface area contributed by atoms with Crippen LogP contribution in [0, 0.1) is 6.92 Å². The highest BCUT2D eigenvalue weighted by molar-refractivity contribution is 5.50. The van der Waals surface area contributed by atoms with Crippen LogP contribution < -0.4 is 10.2 Å². The maximum Gasteiger partial charge on any atom is 0.0528 e. The van der Waals surface area contributed by atoms with Crippen LogP contribution in [0.5, 0.6) is 0 Å². The zero-order chi connectivity index (χ0) is 13.5. The summed E-state index contributed by atoms with van der Waals surface area (Å²) in [5.74, 6) is 0. The number of aliphatic hydroxyl groups is 1. The van der Waals surface area contributed by atoms with Crippen molar-refractivity contribution in [3.63, 3.8) is 0 Å². The SMILES string of the molecule is CCNCc1ccc(N(C)CCC(C)O)cc1C. The second kappa shape index (κ2) is 7.39. The fraction of sp³-hybridized carbons (Fsp3) is 0.600. The highest BCUT2D eigenvalue weighted by atomic mass is 16.3. The van der Waals surface area contributed by atoms with Gasteiger partial charge in [-0.25, -0.2) is 0 Å². The van der Waals surface area contributed by atoms with Crippen molar-refractivity contribution in [2.75, 3.05) is 25.0 Å². The van der Waals surface area contributed by atoms with E-state index in [0.717, 1.165) is 26.1 Å². The molecule has 0 fully saturated rings. The lowest BCUT2D eigenvalue weighted by atomic mass is 10.1. The molecule has 1 atom stereocenters. The summed E-state index contributed by atoms with van der Waals surface area (Å²) >= 11 is 0. The molecule has 1 aromatic rings. The van der Waals surface area contributed by atoms with Crippen molar-refractivity contribution >= 4 is 5.69 Å². The first-order chi connectivity index (χ1) is 8.54. The molecule has 0 saturated carbocycles. The van der Waals surface area contributed by atoms with E-state index in [1.807, 2.05) is 6.92 Å². The predicted molar refractivity (Wildman–Crippen MR) is 78.1 cm³/mol. The quantitative estimate of drug-likeness (QED) is 0.779. The molecular formula is C15H26N2O. The number of anilines is 1. The molecule has 0 aromatic heterocycles. The number of hydrogen-bond acceptors (Lipinski definition) is 3. The molecule has 0 bridgehead atoms. The standard InChI is InChI=1S/C15H26N2O/c1-5-16-11-14-6-7-15(10-12(14)2)17(4)9-8-13(3)18/h6-7,10,13,16,18H,5,8-9,11H2,1-4H3. The zero-order valence-corrected chi connectivity index (χ0v) is 12.0. The van der Waals surface area contributed by atoms with E-state index in [4.69, 9.17) is 0 Å². The summed E-state index contributed by atoms with van der Waals surface area (Å²) in [6.45, 7) is 8.91. The molecule has 1 aromatic carbocycles. The van der Waals surface area contributed by atoms with Crippen LogP contribution in [0.1, 0.15) is 31.4 Å². The van der Waals surface area contributed by atoms with Gasteiger partial charge in [-0.2, -0.15) is 0 Å². The van der Waals surface area contributed by atoms with Gasteiger partial charge in [-0.3, -0.25) is 0 Å². The van der Waals surface area contributed by atoms with Gasteiger partial charge in [0.15, 0.2) is 0 Å². The van der Waals surface area contributed by atoms with E-state index >= 15 is 0 Å². The molecule has 0 aliphatic heterocycles. The molecule has 1 rings (SSSR count). The number of nitrogens with zero attached hydrogens (tertiary/aromatic N) is 1. The minimum absolute atomic E-state index is 0.235. The molecule has 0 aliphatic rings. The van der Waals surface area contributed by atoms with Crippen molar-refractivity contribution < 1.29 is 5.11 Å². The third-order valence-corrected chi connectivity index (χ3v) is 3.21. The van der Waals surface area contributed by atoms with Gasteiger partial charge < -0.3 is 15.3 Å². The Balaban J connectivity index is 2.65. The molecule has 0 radical (unpaired) electrons. The summed E-state index contributed by atoms with van der Waals surface area (Å²) in [5.41, 5.74) is 3.88. The minimum Gasteiger partial charge on any atom is -0.393 e. The molecule has 2 N–H and O–H groups in total. The van der Waals surface area contributed by atoms with E-state index < -0.39 is 0 Å². The molecular weight excluding hydrogens is 224 g/mol. The van der Waals surface area contributed by atoms with E-state index in [1.165, 1.54) is 16.8 Å². The van der Waals surface area contributed by atoms with Crippen LogP contribution >= 0.6 is 0 Å². The highest BCUT2D eigenvalue weighted by Crippen LogP contribution is 2.18. The Kier molecular flexibility index (Phi) is 6.16. The summed E-state index contributed by atoms with van der Waals surface area (Å²) < 4.78 is 0. The maximum absolute atomic E-state index is 9.31. The maximum atomic E-state index is 9.31. The van der Waals surface area contributed by atoms with Gasteiger partial charge in [0.2, 0.25) is 0 Å². The van der Waals surface area contributed by atoms with Gasteiger partial charge in [0.05, 0.1) is 6.10 Å². The first-order valence-corrected chi connectivity index (χ1v) is 6.74. The first kappa shape index (κ1) is 15.0. The number of hydrogen-bond donors (Lipinski definition) is 2. The summed E-state index contributed by atoms with van der Waals surface area (Å²) in [4.78, 5) is 2.19. The molecule has 1 unspecified atom stereocenters. The Morgan fingerprint density at radius 1 is 1.39 bits per heavy atom. The van der Waals surface area contributed by atoms with Crippen LogP contribution in [0.15, 0.2) is 18.2 Å². The number of nitrogens with one attached hydrogen (secondary N) is 1. The fourth-order valence-electron chi connectivity index (χ4n) is 1.89. The van der Waals surface area contributed by atoms with Crippen molar-refractivity contribution in [2.45, 2.75) is 39.8 Å². The van der Waals surface area contributed by atoms with Crippen molar-refractivity contribution in [1.29, 1.82) is 0 Å². The van der Waals surface area contributed by atoms with E-state index in [1.54, 1.807) is 0 Å². The average molecular weight is 250 g/mol. The summed E-state index contributed by atoms with van der Waals surface area (Å²) in [6, 6.07) is 6.56. The molecule has 18 heavy (non-hydrogen) atoms. The highest BCUT2D eigenvalue weighted by Gasteiger charge is 2.05. The smallest absolute Gasteiger partial charge is 0.0528 e. The molecule has 0 spiro atoms. The second-order valence-electron chi connectivity index (χ2n) is 4.95. The Labute approximate surface area is 111 Å². The number of benzene rings is 1. The van der Waals surface area contributed by atoms with Gasteiger partial charge in [0.1, 0.15) is 0 Å². The van der Waals surface area contributed by atoms with Crippen LogP contribution in [0.3, 0.4) is 0 Å². The minimum atomic E-state index is -0.235. The molecule has 102 valence electrons. The van der Waals surface area contributed by atoms with Crippen LogP contribution in [0.2, 0.25) is 0 Å². The van der Waals surface area contributed by atoms with Crippen molar-refractivity contribution in [1.82, 2.24) is 5.32 Å². The predicted octanol–water partition coefficient (Wildman–Crippen LogP) is 2.31. The average Bonchev–Trinajstić information content (AvgIpc) is 2.34. The summed E-state index contributed by atoms with van der Waals surface area (Å²) in [7, 11) is 2.07. The van der Waals surface area contributed by atoms with Crippen LogP contribution in [0.25, 0.3) is 0 Å². The molecule has 3 nitrogen and oxygen atoms in total. The summed E-state index contributed by atoms with van der Waals surface area (Å²) in [6.07, 6.45) is 0.566. The number of aliphatic hydroxyl groups excluding tert-OH is 1. The van der Waals surface area contributed by atoms with Crippen molar-refractivity contribution in [2.24, 2.45) is 0 Å². The van der Waals surface area contributed by atoms with Crippen LogP contribution in [-0.4, -0.2) is 31.3 Å². The lowest BCUT2D eigenvalue weighted by Crippen LogP contribution is -2.22. The molecule has 0 saturated heterocycles. The Morgan fingerprint density at radius 3 is 2.67 bits per heavy atom. The van der Waals surface area contributed by atoms with E-state index in [0.29, 0.717) is 0 Å². The third kappa shape index (κ3) is 4.67. The number of aryl methyl sites for hydroxylation is 1. The van der Waals surface area contributed by atoms with Gasteiger partial charge in [0, 0.05) is 25.8 Å². The topological polar surface area (TPSA) is 35.5 Å². The van der Waals surface area contributed by atoms with Crippen molar-refractivity contribution in [3.8, 4) is 0 Å². The normalized spacial score (nSPS) is 12.5. The Morgan fingerprint density at radius 2 is 2.11 bits per heavy atom. The van der Waals surface area contributed by atoms with E-state index in [9.17, 15) is 5.11 Å². The third-order valence-electron chi connectivity index (χ3n) is 3.21. The van der Waals surface area contributed by atoms with Gasteiger partial charge in [-0.05, 0) is 50.1 Å².